The number of carbonyl (C=O) groups is 2. The van der Waals surface area contributed by atoms with E-state index < -0.39 is 0 Å². The quantitative estimate of drug-likeness (QED) is 0.497. The standard InChI is InChI=1S/C22H21ClN2O3S2/c1-2-28-22(27)19-15-10-11-25(12-14-6-4-3-5-7-14)13-17(15)30-21(19)24-20(26)16-8-9-18(23)29-16/h3-9H,2,10-13H2,1H3,(H,24,26). The van der Waals surface area contributed by atoms with E-state index in [0.29, 0.717) is 19.8 Å². The number of benzene rings is 1. The van der Waals surface area contributed by atoms with Crippen molar-refractivity contribution in [1.82, 2.24) is 4.90 Å². The minimum absolute atomic E-state index is 0.266. The summed E-state index contributed by atoms with van der Waals surface area (Å²) in [5.41, 5.74) is 2.74. The number of esters is 1. The van der Waals surface area contributed by atoms with Gasteiger partial charge in [0.2, 0.25) is 0 Å². The van der Waals surface area contributed by atoms with Crippen molar-refractivity contribution < 1.29 is 14.3 Å². The predicted molar refractivity (Wildman–Crippen MR) is 122 cm³/mol. The summed E-state index contributed by atoms with van der Waals surface area (Å²) in [6.07, 6.45) is 0.744. The van der Waals surface area contributed by atoms with Gasteiger partial charge in [-0.2, -0.15) is 0 Å². The molecule has 0 unspecified atom stereocenters. The first-order chi connectivity index (χ1) is 14.5. The summed E-state index contributed by atoms with van der Waals surface area (Å²) in [7, 11) is 0. The van der Waals surface area contributed by atoms with Crippen LogP contribution in [0.1, 0.15) is 43.0 Å². The van der Waals surface area contributed by atoms with Crippen LogP contribution in [0.15, 0.2) is 42.5 Å². The maximum Gasteiger partial charge on any atom is 0.341 e. The molecule has 156 valence electrons. The Balaban J connectivity index is 1.59. The minimum Gasteiger partial charge on any atom is -0.462 e. The Bertz CT molecular complexity index is 1060. The van der Waals surface area contributed by atoms with Crippen LogP contribution >= 0.6 is 34.3 Å². The number of halogens is 1. The number of ether oxygens (including phenoxy) is 1. The van der Waals surface area contributed by atoms with Crippen LogP contribution in [0.4, 0.5) is 5.00 Å². The highest BCUT2D eigenvalue weighted by molar-refractivity contribution is 7.18. The fourth-order valence-corrected chi connectivity index (χ4v) is 5.75. The molecule has 2 aromatic heterocycles. The summed E-state index contributed by atoms with van der Waals surface area (Å²) in [6, 6.07) is 13.7. The number of hydrogen-bond acceptors (Lipinski definition) is 6. The van der Waals surface area contributed by atoms with Gasteiger partial charge in [0.15, 0.2) is 0 Å². The topological polar surface area (TPSA) is 58.6 Å². The van der Waals surface area contributed by atoms with Gasteiger partial charge in [0.1, 0.15) is 5.00 Å². The number of hydrogen-bond donors (Lipinski definition) is 1. The van der Waals surface area contributed by atoms with Crippen LogP contribution in [-0.4, -0.2) is 29.9 Å². The maximum absolute atomic E-state index is 12.7. The number of anilines is 1. The molecule has 3 heterocycles. The van der Waals surface area contributed by atoms with E-state index in [1.165, 1.54) is 28.2 Å². The molecule has 0 radical (unpaired) electrons. The van der Waals surface area contributed by atoms with Gasteiger partial charge in [0.25, 0.3) is 5.91 Å². The third-order valence-electron chi connectivity index (χ3n) is 4.89. The number of carbonyl (C=O) groups excluding carboxylic acids is 2. The summed E-state index contributed by atoms with van der Waals surface area (Å²) in [5, 5.41) is 3.46. The Morgan fingerprint density at radius 3 is 2.67 bits per heavy atom. The molecule has 0 spiro atoms. The van der Waals surface area contributed by atoms with Gasteiger partial charge in [-0.05, 0) is 36.6 Å². The van der Waals surface area contributed by atoms with Gasteiger partial charge in [-0.25, -0.2) is 4.79 Å². The number of nitrogens with zero attached hydrogens (tertiary/aromatic N) is 1. The fourth-order valence-electron chi connectivity index (χ4n) is 3.54. The average Bonchev–Trinajstić information content (AvgIpc) is 3.32. The second-order valence-corrected chi connectivity index (χ2v) is 9.75. The third-order valence-corrected chi connectivity index (χ3v) is 7.25. The smallest absolute Gasteiger partial charge is 0.341 e. The van der Waals surface area contributed by atoms with Gasteiger partial charge in [-0.3, -0.25) is 9.69 Å². The van der Waals surface area contributed by atoms with Gasteiger partial charge in [-0.15, -0.1) is 22.7 Å². The number of thiophene rings is 2. The van der Waals surface area contributed by atoms with E-state index in [0.717, 1.165) is 36.5 Å². The first-order valence-corrected chi connectivity index (χ1v) is 11.7. The van der Waals surface area contributed by atoms with E-state index in [4.69, 9.17) is 16.3 Å². The van der Waals surface area contributed by atoms with Crippen LogP contribution in [0, 0.1) is 0 Å². The Hall–Kier alpha value is -2.19. The van der Waals surface area contributed by atoms with Crippen molar-refractivity contribution in [3.63, 3.8) is 0 Å². The molecule has 0 saturated heterocycles. The Morgan fingerprint density at radius 2 is 1.97 bits per heavy atom. The highest BCUT2D eigenvalue weighted by Gasteiger charge is 2.29. The van der Waals surface area contributed by atoms with Crippen molar-refractivity contribution >= 4 is 51.2 Å². The lowest BCUT2D eigenvalue weighted by Gasteiger charge is -2.27. The highest BCUT2D eigenvalue weighted by atomic mass is 35.5. The van der Waals surface area contributed by atoms with E-state index in [9.17, 15) is 9.59 Å². The molecule has 1 aliphatic rings. The summed E-state index contributed by atoms with van der Waals surface area (Å²) >= 11 is 8.62. The van der Waals surface area contributed by atoms with Crippen molar-refractivity contribution in [3.8, 4) is 0 Å². The SMILES string of the molecule is CCOC(=O)c1c(NC(=O)c2ccc(Cl)s2)sc2c1CCN(Cc1ccccc1)C2. The molecule has 0 aliphatic carbocycles. The van der Waals surface area contributed by atoms with E-state index in [1.54, 1.807) is 19.1 Å². The molecular formula is C22H21ClN2O3S2. The van der Waals surface area contributed by atoms with Crippen molar-refractivity contribution in [2.45, 2.75) is 26.4 Å². The minimum atomic E-state index is -0.383. The summed E-state index contributed by atoms with van der Waals surface area (Å²) in [6.45, 7) is 4.50. The zero-order chi connectivity index (χ0) is 21.1. The molecule has 8 heteroatoms. The molecule has 0 atom stereocenters. The second-order valence-electron chi connectivity index (χ2n) is 6.93. The van der Waals surface area contributed by atoms with E-state index in [1.807, 2.05) is 18.2 Å². The number of amides is 1. The molecule has 4 rings (SSSR count). The third kappa shape index (κ3) is 4.59. The summed E-state index contributed by atoms with van der Waals surface area (Å²) in [5.74, 6) is -0.650. The molecule has 1 aromatic carbocycles. The molecule has 0 saturated carbocycles. The monoisotopic (exact) mass is 460 g/mol. The zero-order valence-corrected chi connectivity index (χ0v) is 18.8. The first kappa shape index (κ1) is 21.1. The lowest BCUT2D eigenvalue weighted by Crippen LogP contribution is -2.29. The highest BCUT2D eigenvalue weighted by Crippen LogP contribution is 2.38. The lowest BCUT2D eigenvalue weighted by molar-refractivity contribution is 0.0526. The Kier molecular flexibility index (Phi) is 6.53. The van der Waals surface area contributed by atoms with Crippen molar-refractivity contribution in [2.24, 2.45) is 0 Å². The first-order valence-electron chi connectivity index (χ1n) is 9.69. The molecule has 1 N–H and O–H groups in total. The molecule has 5 nitrogen and oxygen atoms in total. The Morgan fingerprint density at radius 1 is 1.17 bits per heavy atom. The van der Waals surface area contributed by atoms with Gasteiger partial charge in [0, 0.05) is 24.5 Å². The normalized spacial score (nSPS) is 13.7. The molecule has 30 heavy (non-hydrogen) atoms. The number of rotatable bonds is 6. The maximum atomic E-state index is 12.7. The van der Waals surface area contributed by atoms with Gasteiger partial charge < -0.3 is 10.1 Å². The zero-order valence-electron chi connectivity index (χ0n) is 16.4. The van der Waals surface area contributed by atoms with E-state index in [2.05, 4.69) is 22.3 Å². The number of fused-ring (bicyclic) bond motifs is 1. The number of nitrogens with one attached hydrogen (secondary N) is 1. The Labute approximate surface area is 188 Å². The van der Waals surface area contributed by atoms with Crippen molar-refractivity contribution in [2.75, 3.05) is 18.5 Å². The molecule has 3 aromatic rings. The average molecular weight is 461 g/mol. The second kappa shape index (κ2) is 9.31. The molecule has 1 amide bonds. The molecule has 0 fully saturated rings. The van der Waals surface area contributed by atoms with E-state index in [-0.39, 0.29) is 18.5 Å². The van der Waals surface area contributed by atoms with Gasteiger partial charge in [-0.1, -0.05) is 41.9 Å². The fraction of sp³-hybridized carbons (Fsp3) is 0.273. The van der Waals surface area contributed by atoms with Crippen LogP contribution in [0.5, 0.6) is 0 Å². The van der Waals surface area contributed by atoms with Gasteiger partial charge >= 0.3 is 5.97 Å². The van der Waals surface area contributed by atoms with Gasteiger partial charge in [0.05, 0.1) is 21.4 Å². The lowest BCUT2D eigenvalue weighted by atomic mass is 10.0. The molecule has 0 bridgehead atoms. The largest absolute Gasteiger partial charge is 0.462 e. The van der Waals surface area contributed by atoms with Crippen LogP contribution in [0.25, 0.3) is 0 Å². The summed E-state index contributed by atoms with van der Waals surface area (Å²) in [4.78, 5) is 29.3. The van der Waals surface area contributed by atoms with Crippen LogP contribution < -0.4 is 5.32 Å². The molecule has 1 aliphatic heterocycles. The van der Waals surface area contributed by atoms with Crippen molar-refractivity contribution in [3.05, 3.63) is 73.2 Å². The van der Waals surface area contributed by atoms with Crippen LogP contribution in [0.2, 0.25) is 4.34 Å². The molecular weight excluding hydrogens is 440 g/mol. The van der Waals surface area contributed by atoms with Crippen LogP contribution in [-0.2, 0) is 24.2 Å². The summed E-state index contributed by atoms with van der Waals surface area (Å²) < 4.78 is 5.84. The van der Waals surface area contributed by atoms with Crippen molar-refractivity contribution in [1.29, 1.82) is 0 Å². The van der Waals surface area contributed by atoms with E-state index >= 15 is 0 Å². The van der Waals surface area contributed by atoms with Crippen LogP contribution in [0.3, 0.4) is 0 Å². The predicted octanol–water partition coefficient (Wildman–Crippen LogP) is 5.45.